The molecule has 0 aliphatic carbocycles. The summed E-state index contributed by atoms with van der Waals surface area (Å²) in [4.78, 5) is 19.3. The highest BCUT2D eigenvalue weighted by Crippen LogP contribution is 2.26. The van der Waals surface area contributed by atoms with Gasteiger partial charge in [-0.25, -0.2) is 4.98 Å². The number of halogens is 1. The summed E-state index contributed by atoms with van der Waals surface area (Å²) in [6, 6.07) is 13.4. The van der Waals surface area contributed by atoms with Crippen LogP contribution in [0.15, 0.2) is 53.7 Å². The molecule has 1 aromatic carbocycles. The number of benzene rings is 1. The van der Waals surface area contributed by atoms with Gasteiger partial charge in [-0.3, -0.25) is 9.48 Å². The molecule has 4 rings (SSSR count). The van der Waals surface area contributed by atoms with Gasteiger partial charge in [-0.2, -0.15) is 5.10 Å². The molecular formula is C20H19ClN4OS. The molecule has 0 atom stereocenters. The molecule has 1 amide bonds. The first-order chi connectivity index (χ1) is 13.2. The first kappa shape index (κ1) is 18.1. The van der Waals surface area contributed by atoms with E-state index >= 15 is 0 Å². The van der Waals surface area contributed by atoms with E-state index in [0.29, 0.717) is 23.7 Å². The zero-order valence-corrected chi connectivity index (χ0v) is 16.5. The van der Waals surface area contributed by atoms with Gasteiger partial charge in [0, 0.05) is 29.9 Å². The van der Waals surface area contributed by atoms with E-state index in [1.165, 1.54) is 11.8 Å². The first-order valence-electron chi connectivity index (χ1n) is 8.76. The first-order valence-corrected chi connectivity index (χ1v) is 10.4. The zero-order valence-electron chi connectivity index (χ0n) is 14.9. The number of hydrogen-bond acceptors (Lipinski definition) is 4. The lowest BCUT2D eigenvalue weighted by Crippen LogP contribution is -2.31. The maximum atomic E-state index is 13.1. The maximum Gasteiger partial charge on any atom is 0.256 e. The molecule has 0 unspecified atom stereocenters. The second-order valence-electron chi connectivity index (χ2n) is 6.39. The van der Waals surface area contributed by atoms with E-state index in [1.54, 1.807) is 6.20 Å². The second-order valence-corrected chi connectivity index (χ2v) is 7.63. The number of carbonyl (C=O) groups is 1. The van der Waals surface area contributed by atoms with Gasteiger partial charge in [0.25, 0.3) is 5.91 Å². The van der Waals surface area contributed by atoms with Gasteiger partial charge in [0.1, 0.15) is 5.03 Å². The molecule has 7 heteroatoms. The molecule has 0 radical (unpaired) electrons. The normalized spacial score (nSPS) is 13.9. The number of carbonyl (C=O) groups excluding carboxylic acids is 1. The van der Waals surface area contributed by atoms with E-state index in [-0.39, 0.29) is 5.91 Å². The molecule has 3 heterocycles. The summed E-state index contributed by atoms with van der Waals surface area (Å²) >= 11 is 7.61. The number of thioether (sulfide) groups is 1. The monoisotopic (exact) mass is 398 g/mol. The largest absolute Gasteiger partial charge is 0.333 e. The van der Waals surface area contributed by atoms with Crippen molar-refractivity contribution in [2.24, 2.45) is 0 Å². The number of aryl methyl sites for hydroxylation is 1. The number of pyridine rings is 1. The SMILES string of the molecule is CSc1ncccc1C(=O)N1CCCn2nc(-c3cccc(Cl)c3)cc2C1. The third-order valence-corrected chi connectivity index (χ3v) is 5.56. The van der Waals surface area contributed by atoms with Crippen LogP contribution >= 0.6 is 23.4 Å². The fraction of sp³-hybridized carbons (Fsp3) is 0.250. The number of nitrogens with zero attached hydrogens (tertiary/aromatic N) is 4. The summed E-state index contributed by atoms with van der Waals surface area (Å²) in [5.74, 6) is 0.0198. The molecule has 3 aromatic rings. The lowest BCUT2D eigenvalue weighted by Gasteiger charge is -2.20. The molecule has 2 aromatic heterocycles. The van der Waals surface area contributed by atoms with Crippen LogP contribution in [-0.4, -0.2) is 38.4 Å². The molecule has 0 spiro atoms. The molecule has 1 aliphatic heterocycles. The number of fused-ring (bicyclic) bond motifs is 1. The molecule has 0 fully saturated rings. The van der Waals surface area contributed by atoms with Crippen molar-refractivity contribution in [2.45, 2.75) is 24.5 Å². The smallest absolute Gasteiger partial charge is 0.256 e. The lowest BCUT2D eigenvalue weighted by atomic mass is 10.1. The van der Waals surface area contributed by atoms with Gasteiger partial charge in [0.05, 0.1) is 23.5 Å². The highest BCUT2D eigenvalue weighted by molar-refractivity contribution is 7.98. The van der Waals surface area contributed by atoms with Crippen LogP contribution in [0.25, 0.3) is 11.3 Å². The van der Waals surface area contributed by atoms with Crippen molar-refractivity contribution in [3.05, 3.63) is 64.9 Å². The Hall–Kier alpha value is -2.31. The van der Waals surface area contributed by atoms with E-state index in [2.05, 4.69) is 11.1 Å². The summed E-state index contributed by atoms with van der Waals surface area (Å²) in [6.45, 7) is 2.04. The molecule has 1 aliphatic rings. The Morgan fingerprint density at radius 1 is 1.19 bits per heavy atom. The van der Waals surface area contributed by atoms with Crippen molar-refractivity contribution in [2.75, 3.05) is 12.8 Å². The Kier molecular flexibility index (Phi) is 5.18. The molecule has 5 nitrogen and oxygen atoms in total. The number of amides is 1. The van der Waals surface area contributed by atoms with Crippen molar-refractivity contribution in [3.63, 3.8) is 0 Å². The van der Waals surface area contributed by atoms with Crippen LogP contribution in [0.3, 0.4) is 0 Å². The fourth-order valence-corrected chi connectivity index (χ4v) is 4.04. The Labute approximate surface area is 167 Å². The van der Waals surface area contributed by atoms with E-state index in [0.717, 1.165) is 34.9 Å². The van der Waals surface area contributed by atoms with Crippen LogP contribution in [0.5, 0.6) is 0 Å². The van der Waals surface area contributed by atoms with Crippen molar-refractivity contribution in [1.29, 1.82) is 0 Å². The van der Waals surface area contributed by atoms with Gasteiger partial charge >= 0.3 is 0 Å². The van der Waals surface area contributed by atoms with Crippen molar-refractivity contribution < 1.29 is 4.79 Å². The molecule has 0 bridgehead atoms. The minimum Gasteiger partial charge on any atom is -0.333 e. The lowest BCUT2D eigenvalue weighted by molar-refractivity contribution is 0.0741. The predicted molar refractivity (Wildman–Crippen MR) is 108 cm³/mol. The number of aromatic nitrogens is 3. The maximum absolute atomic E-state index is 13.1. The molecule has 0 saturated heterocycles. The molecular weight excluding hydrogens is 380 g/mol. The summed E-state index contributed by atoms with van der Waals surface area (Å²) in [7, 11) is 0. The summed E-state index contributed by atoms with van der Waals surface area (Å²) < 4.78 is 2.00. The van der Waals surface area contributed by atoms with E-state index in [1.807, 2.05) is 52.2 Å². The second kappa shape index (κ2) is 7.74. The average molecular weight is 399 g/mol. The van der Waals surface area contributed by atoms with Crippen LogP contribution in [0.2, 0.25) is 5.02 Å². The van der Waals surface area contributed by atoms with Gasteiger partial charge < -0.3 is 4.90 Å². The summed E-state index contributed by atoms with van der Waals surface area (Å²) in [6.07, 6.45) is 4.52. The Morgan fingerprint density at radius 3 is 2.89 bits per heavy atom. The van der Waals surface area contributed by atoms with Gasteiger partial charge in [-0.05, 0) is 43.0 Å². The molecule has 0 N–H and O–H groups in total. The number of hydrogen-bond donors (Lipinski definition) is 0. The Balaban J connectivity index is 1.62. The summed E-state index contributed by atoms with van der Waals surface area (Å²) in [5.41, 5.74) is 3.56. The third-order valence-electron chi connectivity index (χ3n) is 4.62. The van der Waals surface area contributed by atoms with E-state index in [9.17, 15) is 4.79 Å². The van der Waals surface area contributed by atoms with Crippen molar-refractivity contribution in [3.8, 4) is 11.3 Å². The summed E-state index contributed by atoms with van der Waals surface area (Å²) in [5, 5.41) is 6.18. The topological polar surface area (TPSA) is 51.0 Å². The Morgan fingerprint density at radius 2 is 2.07 bits per heavy atom. The molecule has 0 saturated carbocycles. The standard InChI is InChI=1S/C20H19ClN4OS/c1-27-19-17(7-3-8-22-19)20(26)24-9-4-10-25-16(13-24)12-18(23-25)14-5-2-6-15(21)11-14/h2-3,5-8,11-12H,4,9-10,13H2,1H3. The average Bonchev–Trinajstić information content (AvgIpc) is 2.99. The highest BCUT2D eigenvalue weighted by Gasteiger charge is 2.24. The molecule has 138 valence electrons. The van der Waals surface area contributed by atoms with Crippen LogP contribution < -0.4 is 0 Å². The highest BCUT2D eigenvalue weighted by atomic mass is 35.5. The third kappa shape index (κ3) is 3.73. The van der Waals surface area contributed by atoms with Crippen LogP contribution in [0, 0.1) is 0 Å². The van der Waals surface area contributed by atoms with Crippen molar-refractivity contribution in [1.82, 2.24) is 19.7 Å². The van der Waals surface area contributed by atoms with E-state index in [4.69, 9.17) is 16.7 Å². The van der Waals surface area contributed by atoms with Gasteiger partial charge in [-0.1, -0.05) is 23.7 Å². The predicted octanol–water partition coefficient (Wildman–Crippen LogP) is 4.37. The number of rotatable bonds is 3. The van der Waals surface area contributed by atoms with Gasteiger partial charge in [0.15, 0.2) is 0 Å². The van der Waals surface area contributed by atoms with Crippen LogP contribution in [0.4, 0.5) is 0 Å². The quantitative estimate of drug-likeness (QED) is 0.615. The zero-order chi connectivity index (χ0) is 18.8. The fourth-order valence-electron chi connectivity index (χ4n) is 3.31. The minimum atomic E-state index is 0.0198. The van der Waals surface area contributed by atoms with Crippen molar-refractivity contribution >= 4 is 29.3 Å². The van der Waals surface area contributed by atoms with Crippen LogP contribution in [-0.2, 0) is 13.1 Å². The van der Waals surface area contributed by atoms with Gasteiger partial charge in [0.2, 0.25) is 0 Å². The Bertz CT molecular complexity index is 988. The van der Waals surface area contributed by atoms with Crippen LogP contribution in [0.1, 0.15) is 22.5 Å². The minimum absolute atomic E-state index is 0.0198. The van der Waals surface area contributed by atoms with E-state index < -0.39 is 0 Å². The van der Waals surface area contributed by atoms with Gasteiger partial charge in [-0.15, -0.1) is 11.8 Å². The molecule has 27 heavy (non-hydrogen) atoms.